The molecule has 3 nitrogen and oxygen atoms in total. The predicted molar refractivity (Wildman–Crippen MR) is 121 cm³/mol. The topological polar surface area (TPSA) is 30.5 Å². The number of hydrogen-bond donors (Lipinski definition) is 1. The molecule has 0 aliphatic rings. The summed E-state index contributed by atoms with van der Waals surface area (Å²) in [5.41, 5.74) is 3.41. The van der Waals surface area contributed by atoms with Gasteiger partial charge in [-0.05, 0) is 42.3 Å². The number of nitrogens with one attached hydrogen (secondary N) is 1. The van der Waals surface area contributed by atoms with Crippen LogP contribution >= 0.6 is 0 Å². The fraction of sp³-hybridized carbons (Fsp3) is 0.308. The maximum absolute atomic E-state index is 6.01. The maximum atomic E-state index is 6.01. The van der Waals surface area contributed by atoms with Gasteiger partial charge in [-0.1, -0.05) is 74.7 Å². The van der Waals surface area contributed by atoms with Crippen LogP contribution in [0.15, 0.2) is 78.9 Å². The van der Waals surface area contributed by atoms with E-state index in [2.05, 4.69) is 54.7 Å². The summed E-state index contributed by atoms with van der Waals surface area (Å²) in [4.78, 5) is 0. The third-order valence-electron chi connectivity index (χ3n) is 4.81. The molecule has 0 saturated heterocycles. The smallest absolute Gasteiger partial charge is 0.124 e. The van der Waals surface area contributed by atoms with Crippen molar-refractivity contribution in [3.63, 3.8) is 0 Å². The standard InChI is InChI=1S/C26H31NO2/c1-2-3-4-10-19-28-26-14-9-8-13-23(26)20-27-24-15-17-25(18-16-24)29-21-22-11-6-5-7-12-22/h5-9,11-18,27H,2-4,10,19-21H2,1H3. The van der Waals surface area contributed by atoms with Gasteiger partial charge in [0.25, 0.3) is 0 Å². The van der Waals surface area contributed by atoms with Crippen molar-refractivity contribution < 1.29 is 9.47 Å². The van der Waals surface area contributed by atoms with Crippen LogP contribution in [0.5, 0.6) is 11.5 Å². The van der Waals surface area contributed by atoms with Gasteiger partial charge in [0, 0.05) is 17.8 Å². The second-order valence-electron chi connectivity index (χ2n) is 7.17. The molecule has 0 amide bonds. The first kappa shape index (κ1) is 20.8. The molecule has 29 heavy (non-hydrogen) atoms. The number of hydrogen-bond acceptors (Lipinski definition) is 3. The first-order valence-electron chi connectivity index (χ1n) is 10.6. The number of benzene rings is 3. The molecular weight excluding hydrogens is 358 g/mol. The summed E-state index contributed by atoms with van der Waals surface area (Å²) in [5.74, 6) is 1.84. The lowest BCUT2D eigenvalue weighted by Crippen LogP contribution is -2.04. The van der Waals surface area contributed by atoms with Crippen molar-refractivity contribution in [3.05, 3.63) is 90.0 Å². The van der Waals surface area contributed by atoms with E-state index < -0.39 is 0 Å². The fourth-order valence-electron chi connectivity index (χ4n) is 3.11. The first-order valence-corrected chi connectivity index (χ1v) is 10.6. The molecule has 0 spiro atoms. The normalized spacial score (nSPS) is 10.5. The average Bonchev–Trinajstić information content (AvgIpc) is 2.78. The molecule has 0 bridgehead atoms. The van der Waals surface area contributed by atoms with E-state index in [9.17, 15) is 0 Å². The summed E-state index contributed by atoms with van der Waals surface area (Å²) in [5, 5.41) is 3.48. The Morgan fingerprint density at radius 3 is 2.28 bits per heavy atom. The van der Waals surface area contributed by atoms with Crippen LogP contribution in [-0.4, -0.2) is 6.61 Å². The van der Waals surface area contributed by atoms with E-state index >= 15 is 0 Å². The number of ether oxygens (including phenoxy) is 2. The fourth-order valence-corrected chi connectivity index (χ4v) is 3.11. The summed E-state index contributed by atoms with van der Waals surface area (Å²) < 4.78 is 11.9. The SMILES string of the molecule is CCCCCCOc1ccccc1CNc1ccc(OCc2ccccc2)cc1. The van der Waals surface area contributed by atoms with Gasteiger partial charge >= 0.3 is 0 Å². The molecule has 3 rings (SSSR count). The molecule has 0 saturated carbocycles. The predicted octanol–water partition coefficient (Wildman–Crippen LogP) is 6.84. The molecule has 0 heterocycles. The maximum Gasteiger partial charge on any atom is 0.124 e. The van der Waals surface area contributed by atoms with Gasteiger partial charge in [0.15, 0.2) is 0 Å². The summed E-state index contributed by atoms with van der Waals surface area (Å²) in [6, 6.07) is 26.6. The van der Waals surface area contributed by atoms with E-state index in [-0.39, 0.29) is 0 Å². The Balaban J connectivity index is 1.47. The van der Waals surface area contributed by atoms with E-state index in [1.54, 1.807) is 0 Å². The zero-order valence-electron chi connectivity index (χ0n) is 17.3. The van der Waals surface area contributed by atoms with Gasteiger partial charge in [-0.3, -0.25) is 0 Å². The second-order valence-corrected chi connectivity index (χ2v) is 7.17. The van der Waals surface area contributed by atoms with Crippen LogP contribution in [0.1, 0.15) is 43.7 Å². The van der Waals surface area contributed by atoms with Crippen molar-refractivity contribution in [2.45, 2.75) is 45.8 Å². The number of anilines is 1. The third kappa shape index (κ3) is 7.19. The lowest BCUT2D eigenvalue weighted by atomic mass is 10.2. The van der Waals surface area contributed by atoms with Gasteiger partial charge < -0.3 is 14.8 Å². The molecule has 3 heteroatoms. The Kier molecular flexibility index (Phi) is 8.46. The lowest BCUT2D eigenvalue weighted by molar-refractivity contribution is 0.302. The van der Waals surface area contributed by atoms with Crippen molar-refractivity contribution >= 4 is 5.69 Å². The summed E-state index contributed by atoms with van der Waals surface area (Å²) >= 11 is 0. The summed E-state index contributed by atoms with van der Waals surface area (Å²) in [6.45, 7) is 4.32. The van der Waals surface area contributed by atoms with Crippen LogP contribution in [0.3, 0.4) is 0 Å². The molecule has 0 aliphatic heterocycles. The quantitative estimate of drug-likeness (QED) is 0.344. The first-order chi connectivity index (χ1) is 14.3. The zero-order valence-corrected chi connectivity index (χ0v) is 17.3. The number of unbranched alkanes of at least 4 members (excludes halogenated alkanes) is 3. The minimum atomic E-state index is 0.580. The minimum absolute atomic E-state index is 0.580. The van der Waals surface area contributed by atoms with Crippen molar-refractivity contribution in [1.29, 1.82) is 0 Å². The number of para-hydroxylation sites is 1. The Labute approximate surface area is 174 Å². The highest BCUT2D eigenvalue weighted by atomic mass is 16.5. The Hall–Kier alpha value is -2.94. The molecule has 3 aromatic carbocycles. The molecule has 0 atom stereocenters. The molecule has 0 aromatic heterocycles. The van der Waals surface area contributed by atoms with Crippen molar-refractivity contribution in [2.24, 2.45) is 0 Å². The molecular formula is C26H31NO2. The highest BCUT2D eigenvalue weighted by Crippen LogP contribution is 2.22. The average molecular weight is 390 g/mol. The Bertz CT molecular complexity index is 831. The molecule has 0 aliphatic carbocycles. The van der Waals surface area contributed by atoms with Crippen molar-refractivity contribution in [3.8, 4) is 11.5 Å². The summed E-state index contributed by atoms with van der Waals surface area (Å²) in [6.07, 6.45) is 4.86. The molecule has 0 unspecified atom stereocenters. The van der Waals surface area contributed by atoms with E-state index in [0.29, 0.717) is 6.61 Å². The van der Waals surface area contributed by atoms with Crippen LogP contribution in [-0.2, 0) is 13.2 Å². The van der Waals surface area contributed by atoms with Crippen molar-refractivity contribution in [1.82, 2.24) is 0 Å². The van der Waals surface area contributed by atoms with Gasteiger partial charge in [0.2, 0.25) is 0 Å². The van der Waals surface area contributed by atoms with Gasteiger partial charge in [-0.25, -0.2) is 0 Å². The molecule has 0 fully saturated rings. The monoisotopic (exact) mass is 389 g/mol. The molecule has 0 radical (unpaired) electrons. The van der Waals surface area contributed by atoms with E-state index in [0.717, 1.165) is 36.8 Å². The Morgan fingerprint density at radius 1 is 0.724 bits per heavy atom. The number of rotatable bonds is 12. The third-order valence-corrected chi connectivity index (χ3v) is 4.81. The van der Waals surface area contributed by atoms with Crippen LogP contribution < -0.4 is 14.8 Å². The van der Waals surface area contributed by atoms with E-state index in [4.69, 9.17) is 9.47 Å². The van der Waals surface area contributed by atoms with E-state index in [1.165, 1.54) is 30.4 Å². The van der Waals surface area contributed by atoms with Crippen LogP contribution in [0.2, 0.25) is 0 Å². The summed E-state index contributed by atoms with van der Waals surface area (Å²) in [7, 11) is 0. The molecule has 3 aromatic rings. The Morgan fingerprint density at radius 2 is 1.48 bits per heavy atom. The van der Waals surface area contributed by atoms with Crippen molar-refractivity contribution in [2.75, 3.05) is 11.9 Å². The second kappa shape index (κ2) is 11.8. The minimum Gasteiger partial charge on any atom is -0.493 e. The largest absolute Gasteiger partial charge is 0.493 e. The van der Waals surface area contributed by atoms with Crippen LogP contribution in [0.4, 0.5) is 5.69 Å². The van der Waals surface area contributed by atoms with Gasteiger partial charge in [0.1, 0.15) is 18.1 Å². The zero-order chi connectivity index (χ0) is 20.2. The van der Waals surface area contributed by atoms with Gasteiger partial charge in [0.05, 0.1) is 6.61 Å². The highest BCUT2D eigenvalue weighted by Gasteiger charge is 2.04. The van der Waals surface area contributed by atoms with Crippen LogP contribution in [0.25, 0.3) is 0 Å². The highest BCUT2D eigenvalue weighted by molar-refractivity contribution is 5.48. The van der Waals surface area contributed by atoms with Gasteiger partial charge in [-0.15, -0.1) is 0 Å². The van der Waals surface area contributed by atoms with Gasteiger partial charge in [-0.2, -0.15) is 0 Å². The molecule has 152 valence electrons. The van der Waals surface area contributed by atoms with E-state index in [1.807, 2.05) is 36.4 Å². The lowest BCUT2D eigenvalue weighted by Gasteiger charge is -2.13. The molecule has 1 N–H and O–H groups in total. The van der Waals surface area contributed by atoms with Crippen LogP contribution in [0, 0.1) is 0 Å².